The smallest absolute Gasteiger partial charge is 0.303 e. The summed E-state index contributed by atoms with van der Waals surface area (Å²) in [5.74, 6) is -0.662. The number of hydrogen-bond acceptors (Lipinski definition) is 3. The second-order valence-electron chi connectivity index (χ2n) is 5.29. The number of rotatable bonds is 8. The van der Waals surface area contributed by atoms with Crippen molar-refractivity contribution in [3.05, 3.63) is 12.2 Å². The third-order valence-corrected chi connectivity index (χ3v) is 3.80. The molecule has 0 aromatic heterocycles. The van der Waals surface area contributed by atoms with Crippen LogP contribution in [0.5, 0.6) is 0 Å². The number of carboxylic acid groups (broad SMARTS) is 1. The van der Waals surface area contributed by atoms with Gasteiger partial charge in [0.1, 0.15) is 5.78 Å². The Hall–Kier alpha value is -1.16. The van der Waals surface area contributed by atoms with Gasteiger partial charge in [-0.3, -0.25) is 9.59 Å². The van der Waals surface area contributed by atoms with E-state index in [9.17, 15) is 14.7 Å². The van der Waals surface area contributed by atoms with Gasteiger partial charge >= 0.3 is 5.97 Å². The Kier molecular flexibility index (Phi) is 6.78. The summed E-state index contributed by atoms with van der Waals surface area (Å²) in [7, 11) is 0. The summed E-state index contributed by atoms with van der Waals surface area (Å²) in [6, 6.07) is 0. The van der Waals surface area contributed by atoms with Crippen molar-refractivity contribution in [3.63, 3.8) is 0 Å². The predicted octanol–water partition coefficient (Wildman–Crippen LogP) is 2.55. The molecule has 0 radical (unpaired) electrons. The van der Waals surface area contributed by atoms with Gasteiger partial charge < -0.3 is 10.2 Å². The van der Waals surface area contributed by atoms with E-state index in [-0.39, 0.29) is 30.5 Å². The minimum atomic E-state index is -0.748. The van der Waals surface area contributed by atoms with Crippen LogP contribution in [-0.2, 0) is 9.59 Å². The Morgan fingerprint density at radius 3 is 2.63 bits per heavy atom. The van der Waals surface area contributed by atoms with Crippen molar-refractivity contribution in [3.8, 4) is 0 Å². The highest BCUT2D eigenvalue weighted by Crippen LogP contribution is 2.34. The number of hydrogen-bond donors (Lipinski definition) is 2. The third-order valence-electron chi connectivity index (χ3n) is 3.80. The topological polar surface area (TPSA) is 74.6 Å². The molecule has 0 aromatic rings. The molecule has 1 saturated carbocycles. The summed E-state index contributed by atoms with van der Waals surface area (Å²) in [4.78, 5) is 22.2. The fraction of sp³-hybridized carbons (Fsp3) is 0.733. The molecule has 0 aromatic carbocycles. The Bertz CT molecular complexity index is 335. The minimum absolute atomic E-state index is 0.0310. The van der Waals surface area contributed by atoms with Gasteiger partial charge in [0.05, 0.1) is 6.10 Å². The van der Waals surface area contributed by atoms with Crippen LogP contribution in [0, 0.1) is 11.8 Å². The van der Waals surface area contributed by atoms with E-state index in [1.165, 1.54) is 0 Å². The molecular formula is C15H24O4. The van der Waals surface area contributed by atoms with Crippen molar-refractivity contribution < 1.29 is 19.8 Å². The highest BCUT2D eigenvalue weighted by molar-refractivity contribution is 5.84. The van der Waals surface area contributed by atoms with Crippen molar-refractivity contribution in [2.24, 2.45) is 11.8 Å². The van der Waals surface area contributed by atoms with Gasteiger partial charge in [0.25, 0.3) is 0 Å². The van der Waals surface area contributed by atoms with Crippen LogP contribution in [-0.4, -0.2) is 28.1 Å². The molecule has 1 aliphatic carbocycles. The van der Waals surface area contributed by atoms with Gasteiger partial charge in [-0.2, -0.15) is 0 Å². The van der Waals surface area contributed by atoms with Gasteiger partial charge in [-0.25, -0.2) is 0 Å². The first kappa shape index (κ1) is 15.9. The number of carbonyl (C=O) groups excluding carboxylic acids is 1. The first-order valence-electron chi connectivity index (χ1n) is 7.11. The minimum Gasteiger partial charge on any atom is -0.481 e. The van der Waals surface area contributed by atoms with Crippen LogP contribution in [0.1, 0.15) is 51.9 Å². The Morgan fingerprint density at radius 2 is 2.00 bits per heavy atom. The monoisotopic (exact) mass is 268 g/mol. The van der Waals surface area contributed by atoms with E-state index in [0.717, 1.165) is 25.7 Å². The van der Waals surface area contributed by atoms with Gasteiger partial charge in [0.2, 0.25) is 0 Å². The fourth-order valence-corrected chi connectivity index (χ4v) is 2.81. The van der Waals surface area contributed by atoms with E-state index in [2.05, 4.69) is 0 Å². The Morgan fingerprint density at radius 1 is 1.32 bits per heavy atom. The van der Waals surface area contributed by atoms with E-state index < -0.39 is 12.1 Å². The van der Waals surface area contributed by atoms with Crippen molar-refractivity contribution in [2.45, 2.75) is 58.0 Å². The molecule has 0 saturated heterocycles. The van der Waals surface area contributed by atoms with E-state index in [1.54, 1.807) is 0 Å². The molecule has 108 valence electrons. The molecule has 4 nitrogen and oxygen atoms in total. The number of unbranched alkanes of at least 4 members (excludes halogenated alkanes) is 3. The molecule has 0 amide bonds. The maximum Gasteiger partial charge on any atom is 0.303 e. The molecular weight excluding hydrogens is 244 g/mol. The lowest BCUT2D eigenvalue weighted by molar-refractivity contribution is -0.137. The number of carbonyl (C=O) groups is 2. The second kappa shape index (κ2) is 8.10. The predicted molar refractivity (Wildman–Crippen MR) is 72.8 cm³/mol. The maximum absolute atomic E-state index is 11.8. The second-order valence-corrected chi connectivity index (χ2v) is 5.29. The van der Waals surface area contributed by atoms with E-state index in [0.29, 0.717) is 6.42 Å². The number of carboxylic acids is 1. The van der Waals surface area contributed by atoms with Crippen molar-refractivity contribution in [2.75, 3.05) is 0 Å². The highest BCUT2D eigenvalue weighted by Gasteiger charge is 2.39. The normalized spacial score (nSPS) is 27.3. The maximum atomic E-state index is 11.8. The largest absolute Gasteiger partial charge is 0.481 e. The average molecular weight is 268 g/mol. The first-order chi connectivity index (χ1) is 9.06. The Balaban J connectivity index is 2.27. The number of Topliss-reactive ketones (excluding diaryl/α,β-unsaturated/α-hetero) is 1. The van der Waals surface area contributed by atoms with Gasteiger partial charge in [0.15, 0.2) is 0 Å². The SMILES string of the molecule is C/C=C/[C@H]1C(O)CC(=O)C1CCCCCCC(=O)O. The number of aliphatic hydroxyl groups is 1. The van der Waals surface area contributed by atoms with E-state index >= 15 is 0 Å². The molecule has 1 fully saturated rings. The quantitative estimate of drug-likeness (QED) is 0.524. The fourth-order valence-electron chi connectivity index (χ4n) is 2.81. The zero-order chi connectivity index (χ0) is 14.3. The van der Waals surface area contributed by atoms with Crippen LogP contribution in [0.4, 0.5) is 0 Å². The lowest BCUT2D eigenvalue weighted by Crippen LogP contribution is -2.18. The van der Waals surface area contributed by atoms with Crippen molar-refractivity contribution in [1.29, 1.82) is 0 Å². The molecule has 1 aliphatic rings. The highest BCUT2D eigenvalue weighted by atomic mass is 16.4. The molecule has 3 atom stereocenters. The molecule has 0 bridgehead atoms. The molecule has 2 N–H and O–H groups in total. The van der Waals surface area contributed by atoms with Crippen LogP contribution >= 0.6 is 0 Å². The number of ketones is 1. The van der Waals surface area contributed by atoms with Crippen molar-refractivity contribution >= 4 is 11.8 Å². The number of aliphatic carboxylic acids is 1. The van der Waals surface area contributed by atoms with E-state index in [4.69, 9.17) is 5.11 Å². The molecule has 4 heteroatoms. The summed E-state index contributed by atoms with van der Waals surface area (Å²) >= 11 is 0. The molecule has 19 heavy (non-hydrogen) atoms. The van der Waals surface area contributed by atoms with E-state index in [1.807, 2.05) is 19.1 Å². The van der Waals surface area contributed by atoms with Gasteiger partial charge in [-0.15, -0.1) is 0 Å². The summed E-state index contributed by atoms with van der Waals surface area (Å²) in [6.45, 7) is 1.90. The lowest BCUT2D eigenvalue weighted by Gasteiger charge is -2.17. The lowest BCUT2D eigenvalue weighted by atomic mass is 9.89. The Labute approximate surface area is 114 Å². The molecule has 0 heterocycles. The summed E-state index contributed by atoms with van der Waals surface area (Å²) in [5, 5.41) is 18.3. The summed E-state index contributed by atoms with van der Waals surface area (Å²) in [6.07, 6.45) is 8.09. The number of aliphatic hydroxyl groups excluding tert-OH is 1. The average Bonchev–Trinajstić information content (AvgIpc) is 2.60. The standard InChI is InChI=1S/C15H24O4/c1-2-7-11-12(14(17)10-13(11)16)8-5-3-4-6-9-15(18)19/h2,7,11-13,16H,3-6,8-10H2,1H3,(H,18,19)/b7-2+/t11-,12?,13?/m1/s1. The van der Waals surface area contributed by atoms with Crippen LogP contribution in [0.25, 0.3) is 0 Å². The zero-order valence-electron chi connectivity index (χ0n) is 11.5. The molecule has 1 rings (SSSR count). The van der Waals surface area contributed by atoms with Crippen molar-refractivity contribution in [1.82, 2.24) is 0 Å². The van der Waals surface area contributed by atoms with Gasteiger partial charge in [0, 0.05) is 24.7 Å². The molecule has 0 spiro atoms. The molecule has 2 unspecified atom stereocenters. The van der Waals surface area contributed by atoms with Crippen LogP contribution in [0.2, 0.25) is 0 Å². The summed E-state index contributed by atoms with van der Waals surface area (Å²) in [5.41, 5.74) is 0. The van der Waals surface area contributed by atoms with Crippen LogP contribution in [0.3, 0.4) is 0 Å². The number of allylic oxidation sites excluding steroid dienone is 1. The van der Waals surface area contributed by atoms with Gasteiger partial charge in [-0.1, -0.05) is 31.4 Å². The van der Waals surface area contributed by atoms with Crippen LogP contribution in [0.15, 0.2) is 12.2 Å². The van der Waals surface area contributed by atoms with Crippen LogP contribution < -0.4 is 0 Å². The third kappa shape index (κ3) is 5.15. The first-order valence-corrected chi connectivity index (χ1v) is 7.11. The van der Waals surface area contributed by atoms with Gasteiger partial charge in [-0.05, 0) is 19.8 Å². The zero-order valence-corrected chi connectivity index (χ0v) is 11.5. The molecule has 0 aliphatic heterocycles. The summed E-state index contributed by atoms with van der Waals surface area (Å²) < 4.78 is 0.